The monoisotopic (exact) mass is 237 g/mol. The van der Waals surface area contributed by atoms with E-state index in [1.165, 1.54) is 5.56 Å². The molecule has 4 nitrogen and oxygen atoms in total. The van der Waals surface area contributed by atoms with Crippen LogP contribution in [0.25, 0.3) is 11.0 Å². The molecular weight excluding hydrogens is 222 g/mol. The van der Waals surface area contributed by atoms with Crippen LogP contribution in [0.5, 0.6) is 0 Å². The quantitative estimate of drug-likeness (QED) is 0.461. The average molecular weight is 237 g/mol. The molecule has 86 valence electrons. The summed E-state index contributed by atoms with van der Waals surface area (Å²) in [5.41, 5.74) is 2.79. The zero-order valence-corrected chi connectivity index (χ0v) is 9.81. The molecule has 16 heavy (non-hydrogen) atoms. The van der Waals surface area contributed by atoms with Crippen LogP contribution in [0.4, 0.5) is 0 Å². The van der Waals surface area contributed by atoms with E-state index in [1.807, 2.05) is 18.2 Å². The second kappa shape index (κ2) is 5.23. The second-order valence-corrected chi connectivity index (χ2v) is 4.13. The number of hydrogen-bond acceptors (Lipinski definition) is 3. The molecule has 0 bridgehead atoms. The Hall–Kier alpha value is -1.20. The van der Waals surface area contributed by atoms with E-state index in [2.05, 4.69) is 27.9 Å². The number of rotatable bonds is 5. The van der Waals surface area contributed by atoms with Gasteiger partial charge in [-0.3, -0.25) is 0 Å². The molecule has 0 aliphatic carbocycles. The second-order valence-electron chi connectivity index (χ2n) is 3.68. The number of imidazole rings is 1. The molecule has 0 radical (unpaired) electrons. The number of benzene rings is 1. The largest absolute Gasteiger partial charge is 0.323 e. The lowest BCUT2D eigenvalue weighted by Gasteiger charge is -2.02. The van der Waals surface area contributed by atoms with Crippen molar-refractivity contribution in [3.05, 3.63) is 34.2 Å². The molecule has 0 unspecified atom stereocenters. The van der Waals surface area contributed by atoms with Gasteiger partial charge in [-0.1, -0.05) is 6.07 Å². The van der Waals surface area contributed by atoms with Crippen molar-refractivity contribution in [1.82, 2.24) is 15.3 Å². The van der Waals surface area contributed by atoms with Crippen LogP contribution >= 0.6 is 12.6 Å². The van der Waals surface area contributed by atoms with Crippen LogP contribution in [-0.2, 0) is 6.42 Å². The molecule has 2 rings (SSSR count). The molecule has 0 fully saturated rings. The molecule has 0 aliphatic rings. The molecule has 1 aromatic heterocycles. The highest BCUT2D eigenvalue weighted by molar-refractivity contribution is 7.80. The third kappa shape index (κ3) is 2.68. The van der Waals surface area contributed by atoms with Gasteiger partial charge in [-0.05, 0) is 30.7 Å². The lowest BCUT2D eigenvalue weighted by Crippen LogP contribution is -2.19. The summed E-state index contributed by atoms with van der Waals surface area (Å²) in [6, 6.07) is 5.98. The van der Waals surface area contributed by atoms with Gasteiger partial charge in [0.15, 0.2) is 0 Å². The molecule has 2 aromatic rings. The highest BCUT2D eigenvalue weighted by Gasteiger charge is 1.99. The van der Waals surface area contributed by atoms with Crippen LogP contribution in [0.3, 0.4) is 0 Å². The topological polar surface area (TPSA) is 60.7 Å². The molecule has 0 saturated heterocycles. The van der Waals surface area contributed by atoms with Crippen LogP contribution in [0.2, 0.25) is 0 Å². The van der Waals surface area contributed by atoms with Crippen molar-refractivity contribution < 1.29 is 0 Å². The van der Waals surface area contributed by atoms with Crippen molar-refractivity contribution >= 4 is 23.7 Å². The SMILES string of the molecule is O=c1[nH]c2ccc(CCNCCS)cc2[nH]1. The molecular formula is C11H15N3OS. The first-order valence-corrected chi connectivity index (χ1v) is 5.95. The van der Waals surface area contributed by atoms with Gasteiger partial charge in [0.2, 0.25) is 0 Å². The standard InChI is InChI=1S/C11H15N3OS/c15-11-13-9-2-1-8(7-10(9)14-11)3-4-12-5-6-16/h1-2,7,12,16H,3-6H2,(H2,13,14,15). The highest BCUT2D eigenvalue weighted by Crippen LogP contribution is 2.10. The van der Waals surface area contributed by atoms with E-state index in [9.17, 15) is 4.79 Å². The zero-order chi connectivity index (χ0) is 11.4. The Bertz CT molecular complexity index is 517. The summed E-state index contributed by atoms with van der Waals surface area (Å²) < 4.78 is 0. The summed E-state index contributed by atoms with van der Waals surface area (Å²) >= 11 is 4.13. The number of H-pyrrole nitrogens is 2. The molecule has 0 atom stereocenters. The minimum Gasteiger partial charge on any atom is -0.316 e. The number of fused-ring (bicyclic) bond motifs is 1. The first-order valence-electron chi connectivity index (χ1n) is 5.32. The molecule has 0 amide bonds. The van der Waals surface area contributed by atoms with Crippen molar-refractivity contribution in [3.8, 4) is 0 Å². The Balaban J connectivity index is 2.04. The fourth-order valence-electron chi connectivity index (χ4n) is 1.67. The summed E-state index contributed by atoms with van der Waals surface area (Å²) in [7, 11) is 0. The number of thiol groups is 1. The van der Waals surface area contributed by atoms with E-state index in [-0.39, 0.29) is 5.69 Å². The van der Waals surface area contributed by atoms with Crippen LogP contribution < -0.4 is 11.0 Å². The fraction of sp³-hybridized carbons (Fsp3) is 0.364. The Labute approximate surface area is 98.9 Å². The van der Waals surface area contributed by atoms with Crippen molar-refractivity contribution in [1.29, 1.82) is 0 Å². The summed E-state index contributed by atoms with van der Waals surface area (Å²) in [5, 5.41) is 3.28. The molecule has 1 heterocycles. The summed E-state index contributed by atoms with van der Waals surface area (Å²) in [6.07, 6.45) is 0.955. The molecule has 5 heteroatoms. The van der Waals surface area contributed by atoms with Gasteiger partial charge in [0, 0.05) is 12.3 Å². The van der Waals surface area contributed by atoms with Gasteiger partial charge in [0.1, 0.15) is 0 Å². The van der Waals surface area contributed by atoms with E-state index < -0.39 is 0 Å². The molecule has 0 spiro atoms. The van der Waals surface area contributed by atoms with Gasteiger partial charge in [-0.25, -0.2) is 4.79 Å². The predicted octanol–water partition coefficient (Wildman–Crippen LogP) is 0.918. The van der Waals surface area contributed by atoms with Crippen molar-refractivity contribution in [3.63, 3.8) is 0 Å². The van der Waals surface area contributed by atoms with E-state index >= 15 is 0 Å². The Kier molecular flexibility index (Phi) is 3.69. The average Bonchev–Trinajstić information content (AvgIpc) is 2.64. The molecule has 0 saturated carbocycles. The first-order chi connectivity index (χ1) is 7.79. The smallest absolute Gasteiger partial charge is 0.316 e. The summed E-state index contributed by atoms with van der Waals surface area (Å²) in [4.78, 5) is 16.5. The van der Waals surface area contributed by atoms with E-state index in [0.717, 1.165) is 36.3 Å². The lowest BCUT2D eigenvalue weighted by atomic mass is 10.1. The van der Waals surface area contributed by atoms with Crippen LogP contribution in [-0.4, -0.2) is 28.8 Å². The van der Waals surface area contributed by atoms with Gasteiger partial charge in [0.05, 0.1) is 11.0 Å². The number of aromatic nitrogens is 2. The van der Waals surface area contributed by atoms with Gasteiger partial charge < -0.3 is 15.3 Å². The van der Waals surface area contributed by atoms with Crippen LogP contribution in [0.15, 0.2) is 23.0 Å². The third-order valence-electron chi connectivity index (χ3n) is 2.46. The lowest BCUT2D eigenvalue weighted by molar-refractivity contribution is 0.722. The van der Waals surface area contributed by atoms with Crippen LogP contribution in [0.1, 0.15) is 5.56 Å². The Morgan fingerprint density at radius 2 is 2.00 bits per heavy atom. The van der Waals surface area contributed by atoms with E-state index in [0.29, 0.717) is 0 Å². The number of aromatic amines is 2. The van der Waals surface area contributed by atoms with E-state index in [1.54, 1.807) is 0 Å². The molecule has 3 N–H and O–H groups in total. The predicted molar refractivity (Wildman–Crippen MR) is 69.3 cm³/mol. The molecule has 0 aliphatic heterocycles. The summed E-state index contributed by atoms with van der Waals surface area (Å²) in [6.45, 7) is 1.85. The van der Waals surface area contributed by atoms with Crippen molar-refractivity contribution in [2.45, 2.75) is 6.42 Å². The minimum atomic E-state index is -0.152. The Morgan fingerprint density at radius 3 is 2.81 bits per heavy atom. The zero-order valence-electron chi connectivity index (χ0n) is 8.92. The van der Waals surface area contributed by atoms with Gasteiger partial charge in [-0.2, -0.15) is 12.6 Å². The van der Waals surface area contributed by atoms with Crippen LogP contribution in [0, 0.1) is 0 Å². The highest BCUT2D eigenvalue weighted by atomic mass is 32.1. The normalized spacial score (nSPS) is 11.1. The number of nitrogens with one attached hydrogen (secondary N) is 3. The maximum absolute atomic E-state index is 11.1. The van der Waals surface area contributed by atoms with Crippen molar-refractivity contribution in [2.75, 3.05) is 18.8 Å². The van der Waals surface area contributed by atoms with Gasteiger partial charge >= 0.3 is 5.69 Å². The fourth-order valence-corrected chi connectivity index (χ4v) is 1.83. The number of hydrogen-bond donors (Lipinski definition) is 4. The minimum absolute atomic E-state index is 0.152. The van der Waals surface area contributed by atoms with Crippen molar-refractivity contribution in [2.24, 2.45) is 0 Å². The van der Waals surface area contributed by atoms with Gasteiger partial charge in [-0.15, -0.1) is 0 Å². The first kappa shape index (κ1) is 11.3. The van der Waals surface area contributed by atoms with Gasteiger partial charge in [0.25, 0.3) is 0 Å². The van der Waals surface area contributed by atoms with E-state index in [4.69, 9.17) is 0 Å². The maximum atomic E-state index is 11.1. The summed E-state index contributed by atoms with van der Waals surface area (Å²) in [5.74, 6) is 0.851. The molecule has 1 aromatic carbocycles. The Morgan fingerprint density at radius 1 is 1.19 bits per heavy atom. The maximum Gasteiger partial charge on any atom is 0.323 e. The third-order valence-corrected chi connectivity index (χ3v) is 2.68.